The molecule has 2 rings (SSSR count). The quantitative estimate of drug-likeness (QED) is 0.591. The van der Waals surface area contributed by atoms with Gasteiger partial charge in [0.2, 0.25) is 0 Å². The van der Waals surface area contributed by atoms with E-state index in [1.54, 1.807) is 0 Å². The summed E-state index contributed by atoms with van der Waals surface area (Å²) in [7, 11) is 0. The van der Waals surface area contributed by atoms with Crippen molar-refractivity contribution in [2.24, 2.45) is 11.8 Å². The molecule has 2 N–H and O–H groups in total. The highest BCUT2D eigenvalue weighted by molar-refractivity contribution is 8.02. The average molecular weight is 407 g/mol. The van der Waals surface area contributed by atoms with Gasteiger partial charge in [-0.2, -0.15) is 0 Å². The van der Waals surface area contributed by atoms with E-state index in [1.807, 2.05) is 43.5 Å². The van der Waals surface area contributed by atoms with Crippen LogP contribution in [-0.4, -0.2) is 40.4 Å². The Hall–Kier alpha value is -1.63. The monoisotopic (exact) mass is 406 g/mol. The zero-order valence-electron chi connectivity index (χ0n) is 17.0. The molecule has 1 aromatic carbocycles. The number of fused-ring (bicyclic) bond motifs is 2. The van der Waals surface area contributed by atoms with Crippen LogP contribution in [0.5, 0.6) is 0 Å². The largest absolute Gasteiger partial charge is 0.457 e. The summed E-state index contributed by atoms with van der Waals surface area (Å²) in [6, 6.07) is 7.97. The van der Waals surface area contributed by atoms with Gasteiger partial charge in [-0.1, -0.05) is 44.2 Å². The molecule has 28 heavy (non-hydrogen) atoms. The maximum Gasteiger partial charge on any atom is 0.316 e. The minimum Gasteiger partial charge on any atom is -0.457 e. The lowest BCUT2D eigenvalue weighted by Gasteiger charge is -2.29. The number of aliphatic hydroxyl groups excluding tert-OH is 1. The van der Waals surface area contributed by atoms with Crippen LogP contribution in [0, 0.1) is 11.8 Å². The topological polar surface area (TPSA) is 83.8 Å². The molecule has 1 aromatic rings. The van der Waals surface area contributed by atoms with Crippen LogP contribution in [0.4, 0.5) is 0 Å². The van der Waals surface area contributed by atoms with Crippen molar-refractivity contribution >= 4 is 23.5 Å². The lowest BCUT2D eigenvalue weighted by molar-refractivity contribution is -0.163. The van der Waals surface area contributed by atoms with Crippen molar-refractivity contribution in [2.45, 2.75) is 51.7 Å². The maximum absolute atomic E-state index is 12.8. The Balaban J connectivity index is 2.51. The van der Waals surface area contributed by atoms with Gasteiger partial charge >= 0.3 is 5.97 Å². The summed E-state index contributed by atoms with van der Waals surface area (Å²) in [4.78, 5) is 26.3. The number of cyclic esters (lactones) is 1. The molecular formula is C22H30O5S. The van der Waals surface area contributed by atoms with Crippen LogP contribution < -0.4 is 0 Å². The highest BCUT2D eigenvalue weighted by Crippen LogP contribution is 2.31. The summed E-state index contributed by atoms with van der Waals surface area (Å²) in [5.41, 5.74) is 0.0196. The molecule has 4 atom stereocenters. The van der Waals surface area contributed by atoms with E-state index in [-0.39, 0.29) is 12.3 Å². The zero-order valence-corrected chi connectivity index (χ0v) is 17.8. The minimum atomic E-state index is -2.01. The standard InChI is InChI=1S/C22H30O5S/c1-5-19-17-8-6-7-16(11-17)9-14(2)10-18(28-4)12-22(26,13-23)20(24)15(3)21(25)27-19/h6-8,10-11,14-15,19,23,26H,5,9,12-13H2,1-4H3/b18-10+/t14-,15+,19-,22-/m0/s1. The van der Waals surface area contributed by atoms with Gasteiger partial charge in [-0.05, 0) is 48.0 Å². The van der Waals surface area contributed by atoms with E-state index >= 15 is 0 Å². The number of Topliss-reactive ketones (excluding diaryl/α,β-unsaturated/α-hetero) is 1. The summed E-state index contributed by atoms with van der Waals surface area (Å²) in [6.07, 6.45) is 4.77. The van der Waals surface area contributed by atoms with Crippen molar-refractivity contribution in [2.75, 3.05) is 12.9 Å². The van der Waals surface area contributed by atoms with Crippen molar-refractivity contribution in [3.8, 4) is 0 Å². The van der Waals surface area contributed by atoms with Gasteiger partial charge in [-0.25, -0.2) is 0 Å². The summed E-state index contributed by atoms with van der Waals surface area (Å²) < 4.78 is 5.61. The summed E-state index contributed by atoms with van der Waals surface area (Å²) in [5, 5.41) is 20.6. The Labute approximate surface area is 171 Å². The molecule has 0 aliphatic carbocycles. The van der Waals surface area contributed by atoms with Gasteiger partial charge in [-0.15, -0.1) is 11.8 Å². The predicted octanol–water partition coefficient (Wildman–Crippen LogP) is 3.44. The Morgan fingerprint density at radius 3 is 2.61 bits per heavy atom. The molecule has 0 saturated carbocycles. The summed E-state index contributed by atoms with van der Waals surface area (Å²) >= 11 is 1.43. The number of thioether (sulfide) groups is 1. The van der Waals surface area contributed by atoms with Gasteiger partial charge in [-0.3, -0.25) is 9.59 Å². The molecule has 0 unspecified atom stereocenters. The first kappa shape index (κ1) is 22.7. The van der Waals surface area contributed by atoms with Crippen LogP contribution >= 0.6 is 11.8 Å². The van der Waals surface area contributed by atoms with E-state index < -0.39 is 36.0 Å². The first-order valence-electron chi connectivity index (χ1n) is 9.65. The molecular weight excluding hydrogens is 376 g/mol. The molecule has 2 bridgehead atoms. The van der Waals surface area contributed by atoms with Gasteiger partial charge in [0.05, 0.1) is 6.61 Å². The van der Waals surface area contributed by atoms with Gasteiger partial charge < -0.3 is 14.9 Å². The first-order chi connectivity index (χ1) is 13.2. The number of ether oxygens (including phenoxy) is 1. The second kappa shape index (κ2) is 9.72. The number of hydrogen-bond acceptors (Lipinski definition) is 6. The normalized spacial score (nSPS) is 31.5. The fourth-order valence-corrected chi connectivity index (χ4v) is 4.27. The Bertz CT molecular complexity index is 744. The molecule has 1 heterocycles. The lowest BCUT2D eigenvalue weighted by Crippen LogP contribution is -2.47. The lowest BCUT2D eigenvalue weighted by atomic mass is 9.86. The number of allylic oxidation sites excluding steroid dienone is 1. The second-order valence-electron chi connectivity index (χ2n) is 7.55. The number of ketones is 1. The van der Waals surface area contributed by atoms with Gasteiger partial charge in [0.15, 0.2) is 11.4 Å². The molecule has 6 heteroatoms. The molecule has 1 aliphatic heterocycles. The fraction of sp³-hybridized carbons (Fsp3) is 0.545. The van der Waals surface area contributed by atoms with E-state index in [1.165, 1.54) is 18.7 Å². The third kappa shape index (κ3) is 5.25. The highest BCUT2D eigenvalue weighted by atomic mass is 32.2. The van der Waals surface area contributed by atoms with Crippen LogP contribution in [0.2, 0.25) is 0 Å². The average Bonchev–Trinajstić information content (AvgIpc) is 2.69. The second-order valence-corrected chi connectivity index (χ2v) is 8.48. The van der Waals surface area contributed by atoms with Gasteiger partial charge in [0, 0.05) is 6.42 Å². The molecule has 0 fully saturated rings. The summed E-state index contributed by atoms with van der Waals surface area (Å²) in [6.45, 7) is 4.67. The molecule has 0 radical (unpaired) electrons. The van der Waals surface area contributed by atoms with Crippen LogP contribution in [0.15, 0.2) is 35.2 Å². The van der Waals surface area contributed by atoms with Crippen LogP contribution in [0.3, 0.4) is 0 Å². The van der Waals surface area contributed by atoms with Crippen LogP contribution in [-0.2, 0) is 20.7 Å². The highest BCUT2D eigenvalue weighted by Gasteiger charge is 2.42. The third-order valence-electron chi connectivity index (χ3n) is 5.18. The predicted molar refractivity (Wildman–Crippen MR) is 111 cm³/mol. The Morgan fingerprint density at radius 1 is 1.29 bits per heavy atom. The van der Waals surface area contributed by atoms with E-state index in [9.17, 15) is 19.8 Å². The number of hydrogen-bond donors (Lipinski definition) is 2. The van der Waals surface area contributed by atoms with Crippen molar-refractivity contribution in [3.63, 3.8) is 0 Å². The molecule has 0 amide bonds. The Kier molecular flexibility index (Phi) is 7.87. The van der Waals surface area contributed by atoms with E-state index in [4.69, 9.17) is 4.74 Å². The number of benzene rings is 1. The molecule has 0 aromatic heterocycles. The molecule has 154 valence electrons. The number of carbonyl (C=O) groups is 2. The van der Waals surface area contributed by atoms with Gasteiger partial charge in [0.25, 0.3) is 0 Å². The van der Waals surface area contributed by atoms with E-state index in [0.29, 0.717) is 6.42 Å². The van der Waals surface area contributed by atoms with Crippen molar-refractivity contribution < 1.29 is 24.5 Å². The third-order valence-corrected chi connectivity index (χ3v) is 5.98. The van der Waals surface area contributed by atoms with E-state index in [2.05, 4.69) is 6.92 Å². The van der Waals surface area contributed by atoms with Crippen molar-refractivity contribution in [3.05, 3.63) is 46.4 Å². The molecule has 1 aliphatic rings. The smallest absolute Gasteiger partial charge is 0.316 e. The minimum absolute atomic E-state index is 0.0251. The van der Waals surface area contributed by atoms with Crippen molar-refractivity contribution in [1.29, 1.82) is 0 Å². The zero-order chi connectivity index (χ0) is 20.9. The van der Waals surface area contributed by atoms with E-state index in [0.717, 1.165) is 22.5 Å². The Morgan fingerprint density at radius 2 is 2.00 bits per heavy atom. The van der Waals surface area contributed by atoms with Crippen LogP contribution in [0.25, 0.3) is 0 Å². The number of rotatable bonds is 3. The van der Waals surface area contributed by atoms with Crippen molar-refractivity contribution in [1.82, 2.24) is 0 Å². The number of aliphatic hydroxyl groups is 2. The number of esters is 1. The number of carbonyl (C=O) groups excluding carboxylic acids is 2. The van der Waals surface area contributed by atoms with Crippen LogP contribution in [0.1, 0.15) is 50.8 Å². The van der Waals surface area contributed by atoms with Gasteiger partial charge in [0.1, 0.15) is 12.0 Å². The molecule has 0 spiro atoms. The molecule has 5 nitrogen and oxygen atoms in total. The first-order valence-corrected chi connectivity index (χ1v) is 10.9. The fourth-order valence-electron chi connectivity index (χ4n) is 3.52. The maximum atomic E-state index is 12.8. The molecule has 0 saturated heterocycles. The SMILES string of the molecule is CC[C@@H]1OC(=O)[C@H](C)C(=O)[C@@](O)(CO)C/C(SC)=C\[C@@H](C)Cc2cccc1c2. The summed E-state index contributed by atoms with van der Waals surface area (Å²) in [5.74, 6) is -2.39.